The van der Waals surface area contributed by atoms with Crippen LogP contribution in [0.1, 0.15) is 0 Å². The lowest BCUT2D eigenvalue weighted by Gasteiger charge is -2.13. The van der Waals surface area contributed by atoms with Crippen LogP contribution in [0.3, 0.4) is 0 Å². The van der Waals surface area contributed by atoms with Crippen LogP contribution in [0.15, 0.2) is 223 Å². The summed E-state index contributed by atoms with van der Waals surface area (Å²) in [5.74, 6) is 0.647. The zero-order valence-corrected chi connectivity index (χ0v) is 33.1. The molecular weight excluding hydrogens is 741 g/mol. The van der Waals surface area contributed by atoms with Crippen molar-refractivity contribution >= 4 is 54.4 Å². The molecule has 0 aliphatic carbocycles. The smallest absolute Gasteiger partial charge is 0.180 e. The maximum absolute atomic E-state index is 6.77. The van der Waals surface area contributed by atoms with Crippen LogP contribution in [0.2, 0.25) is 0 Å². The Morgan fingerprint density at radius 3 is 1.28 bits per heavy atom. The summed E-state index contributed by atoms with van der Waals surface area (Å²) in [6.45, 7) is 0. The quantitative estimate of drug-likeness (QED) is 0.158. The molecule has 0 N–H and O–H groups in total. The summed E-state index contributed by atoms with van der Waals surface area (Å²) in [4.78, 5) is 10.7. The van der Waals surface area contributed by atoms with Gasteiger partial charge in [-0.15, -0.1) is 0 Å². The number of hydrogen-bond donors (Lipinski definition) is 0. The molecule has 12 aromatic rings. The molecule has 0 spiro atoms. The first kappa shape index (κ1) is 34.9. The molecule has 2 heterocycles. The van der Waals surface area contributed by atoms with Crippen molar-refractivity contribution in [1.29, 1.82) is 0 Å². The molecule has 0 fully saturated rings. The van der Waals surface area contributed by atoms with Crippen LogP contribution in [0.4, 0.5) is 0 Å². The highest BCUT2D eigenvalue weighted by molar-refractivity contribution is 6.25. The summed E-state index contributed by atoms with van der Waals surface area (Å²) in [5.41, 5.74) is 14.0. The molecule has 0 unspecified atom stereocenters. The monoisotopic (exact) mass is 776 g/mol. The Balaban J connectivity index is 1.04. The molecule has 0 saturated carbocycles. The average molecular weight is 777 g/mol. The van der Waals surface area contributed by atoms with Gasteiger partial charge in [0.05, 0.1) is 0 Å². The van der Waals surface area contributed by atoms with Gasteiger partial charge in [-0.25, -0.2) is 9.97 Å². The van der Waals surface area contributed by atoms with Crippen LogP contribution in [0, 0.1) is 0 Å². The van der Waals surface area contributed by atoms with Gasteiger partial charge in [-0.05, 0) is 113 Å². The second kappa shape index (κ2) is 14.3. The van der Waals surface area contributed by atoms with Crippen molar-refractivity contribution < 1.29 is 4.42 Å². The van der Waals surface area contributed by atoms with Crippen LogP contribution < -0.4 is 0 Å². The van der Waals surface area contributed by atoms with Crippen LogP contribution in [-0.4, -0.2) is 9.97 Å². The molecule has 0 atom stereocenters. The molecule has 0 amide bonds. The van der Waals surface area contributed by atoms with Crippen molar-refractivity contribution in [2.24, 2.45) is 0 Å². The van der Waals surface area contributed by atoms with Gasteiger partial charge in [-0.2, -0.15) is 0 Å². The zero-order chi connectivity index (χ0) is 40.3. The van der Waals surface area contributed by atoms with Crippen LogP contribution >= 0.6 is 0 Å². The molecule has 0 bridgehead atoms. The Kier molecular flexibility index (Phi) is 8.17. The maximum Gasteiger partial charge on any atom is 0.180 e. The van der Waals surface area contributed by atoms with Crippen molar-refractivity contribution in [2.45, 2.75) is 0 Å². The van der Waals surface area contributed by atoms with E-state index in [1.165, 1.54) is 43.4 Å². The van der Waals surface area contributed by atoms with Gasteiger partial charge in [0.15, 0.2) is 11.4 Å². The minimum absolute atomic E-state index is 0.647. The van der Waals surface area contributed by atoms with Gasteiger partial charge in [0.2, 0.25) is 0 Å². The molecule has 0 aliphatic rings. The fourth-order valence-electron chi connectivity index (χ4n) is 9.06. The highest BCUT2D eigenvalue weighted by atomic mass is 16.3. The van der Waals surface area contributed by atoms with Gasteiger partial charge in [0.1, 0.15) is 16.8 Å². The van der Waals surface area contributed by atoms with Gasteiger partial charge in [-0.1, -0.05) is 182 Å². The minimum atomic E-state index is 0.647. The number of fused-ring (bicyclic) bond motifs is 9. The number of furan rings is 1. The average Bonchev–Trinajstić information content (AvgIpc) is 3.72. The summed E-state index contributed by atoms with van der Waals surface area (Å²) in [6, 6.07) is 77.6. The molecule has 10 aromatic carbocycles. The minimum Gasteiger partial charge on any atom is -0.452 e. The molecule has 12 rings (SSSR count). The van der Waals surface area contributed by atoms with E-state index in [0.29, 0.717) is 11.4 Å². The third-order valence-electron chi connectivity index (χ3n) is 12.1. The normalized spacial score (nSPS) is 11.6. The highest BCUT2D eigenvalue weighted by Crippen LogP contribution is 2.41. The topological polar surface area (TPSA) is 38.9 Å². The van der Waals surface area contributed by atoms with Crippen LogP contribution in [0.25, 0.3) is 122 Å². The molecule has 0 aliphatic heterocycles. The SMILES string of the molecule is c1ccc(-c2cccc(-c3ccc4oc5c(-c6cccc(-c7ccc8c9ccccc9c9ccccc9c8c7)c6)nc(-c6cccc(-c7ccccc7)c6)nc5c4c3)c2)cc1. The Morgan fingerprint density at radius 1 is 0.262 bits per heavy atom. The van der Waals surface area contributed by atoms with E-state index in [4.69, 9.17) is 14.4 Å². The predicted octanol–water partition coefficient (Wildman–Crippen LogP) is 15.8. The summed E-state index contributed by atoms with van der Waals surface area (Å²) >= 11 is 0. The Morgan fingerprint density at radius 2 is 0.672 bits per heavy atom. The lowest BCUT2D eigenvalue weighted by Crippen LogP contribution is -1.94. The van der Waals surface area contributed by atoms with E-state index < -0.39 is 0 Å². The summed E-state index contributed by atoms with van der Waals surface area (Å²) in [7, 11) is 0. The second-order valence-electron chi connectivity index (χ2n) is 15.7. The molecular formula is C58H36N2O. The number of nitrogens with zero attached hydrogens (tertiary/aromatic N) is 2. The first-order valence-electron chi connectivity index (χ1n) is 20.7. The van der Waals surface area contributed by atoms with Crippen molar-refractivity contribution in [3.8, 4) is 67.2 Å². The Hall–Kier alpha value is -8.14. The first-order chi connectivity index (χ1) is 30.2. The summed E-state index contributed by atoms with van der Waals surface area (Å²) < 4.78 is 6.77. The molecule has 0 radical (unpaired) electrons. The third-order valence-corrected chi connectivity index (χ3v) is 12.1. The van der Waals surface area contributed by atoms with Gasteiger partial charge in [0.25, 0.3) is 0 Å². The second-order valence-corrected chi connectivity index (χ2v) is 15.7. The van der Waals surface area contributed by atoms with E-state index in [-0.39, 0.29) is 0 Å². The van der Waals surface area contributed by atoms with E-state index in [0.717, 1.165) is 66.7 Å². The van der Waals surface area contributed by atoms with Crippen molar-refractivity contribution in [3.05, 3.63) is 218 Å². The van der Waals surface area contributed by atoms with Gasteiger partial charge in [0, 0.05) is 16.5 Å². The highest BCUT2D eigenvalue weighted by Gasteiger charge is 2.20. The number of hydrogen-bond acceptors (Lipinski definition) is 3. The van der Waals surface area contributed by atoms with Crippen molar-refractivity contribution in [2.75, 3.05) is 0 Å². The van der Waals surface area contributed by atoms with Crippen LogP contribution in [0.5, 0.6) is 0 Å². The van der Waals surface area contributed by atoms with Gasteiger partial charge >= 0.3 is 0 Å². The molecule has 61 heavy (non-hydrogen) atoms. The molecule has 284 valence electrons. The number of aromatic nitrogens is 2. The Labute approximate surface area is 352 Å². The first-order valence-corrected chi connectivity index (χ1v) is 20.7. The molecule has 0 saturated heterocycles. The third kappa shape index (κ3) is 6.06. The number of rotatable bonds is 6. The molecule has 2 aromatic heterocycles. The van der Waals surface area contributed by atoms with E-state index in [2.05, 4.69) is 212 Å². The fourth-order valence-corrected chi connectivity index (χ4v) is 9.06. The van der Waals surface area contributed by atoms with Crippen molar-refractivity contribution in [1.82, 2.24) is 9.97 Å². The molecule has 3 nitrogen and oxygen atoms in total. The standard InChI is InChI=1S/C58H36N2O/c1-3-14-37(15-4-1)39-18-11-20-41(32-39)44-29-31-54-53(36-44)56-57(61-54)55(59-58(60-56)46-23-13-19-40(34-46)38-16-5-2-6-17-38)45-22-12-21-42(33-45)43-28-30-51-49-26-8-7-24-47(49)48-25-9-10-27-50(48)52(51)35-43/h1-36H. The lowest BCUT2D eigenvalue weighted by molar-refractivity contribution is 0.667. The fraction of sp³-hybridized carbons (Fsp3) is 0. The van der Waals surface area contributed by atoms with Gasteiger partial charge in [-0.3, -0.25) is 0 Å². The van der Waals surface area contributed by atoms with Gasteiger partial charge < -0.3 is 4.42 Å². The largest absolute Gasteiger partial charge is 0.452 e. The van der Waals surface area contributed by atoms with E-state index in [9.17, 15) is 0 Å². The van der Waals surface area contributed by atoms with E-state index in [1.54, 1.807) is 0 Å². The summed E-state index contributed by atoms with van der Waals surface area (Å²) in [6.07, 6.45) is 0. The zero-order valence-electron chi connectivity index (χ0n) is 33.1. The van der Waals surface area contributed by atoms with Crippen molar-refractivity contribution in [3.63, 3.8) is 0 Å². The Bertz CT molecular complexity index is 3610. The molecule has 3 heteroatoms. The summed E-state index contributed by atoms with van der Waals surface area (Å²) in [5, 5.41) is 8.50. The van der Waals surface area contributed by atoms with E-state index in [1.807, 2.05) is 6.07 Å². The van der Waals surface area contributed by atoms with E-state index >= 15 is 0 Å². The predicted molar refractivity (Wildman–Crippen MR) is 254 cm³/mol. The lowest BCUT2D eigenvalue weighted by atomic mass is 9.91. The maximum atomic E-state index is 6.77. The van der Waals surface area contributed by atoms with Crippen LogP contribution in [-0.2, 0) is 0 Å². The number of benzene rings is 10.